The summed E-state index contributed by atoms with van der Waals surface area (Å²) in [6, 6.07) is 4.31. The van der Waals surface area contributed by atoms with Gasteiger partial charge in [0, 0.05) is 14.1 Å². The van der Waals surface area contributed by atoms with Gasteiger partial charge in [-0.25, -0.2) is 9.59 Å². The first-order valence-electron chi connectivity index (χ1n) is 5.19. The molecule has 1 aromatic carbocycles. The van der Waals surface area contributed by atoms with E-state index in [-0.39, 0.29) is 12.2 Å². The third kappa shape index (κ3) is 2.96. The number of carboxylic acid groups (broad SMARTS) is 1. The molecule has 0 atom stereocenters. The van der Waals surface area contributed by atoms with Crippen LogP contribution in [-0.4, -0.2) is 37.7 Å². The van der Waals surface area contributed by atoms with Gasteiger partial charge in [-0.15, -0.1) is 0 Å². The molecule has 1 aromatic rings. The van der Waals surface area contributed by atoms with Crippen molar-refractivity contribution in [3.63, 3.8) is 0 Å². The standard InChI is InChI=1S/C12H15NO4/c1-4-17-12(16)9-6-5-8(11(14)15)7-10(9)13(2)3/h5-7H,4H2,1-3H3,(H,14,15). The second kappa shape index (κ2) is 5.34. The van der Waals surface area contributed by atoms with Gasteiger partial charge in [0.25, 0.3) is 0 Å². The number of hydrogen-bond acceptors (Lipinski definition) is 4. The quantitative estimate of drug-likeness (QED) is 0.806. The summed E-state index contributed by atoms with van der Waals surface area (Å²) in [4.78, 5) is 24.2. The van der Waals surface area contributed by atoms with E-state index in [2.05, 4.69) is 0 Å². The van der Waals surface area contributed by atoms with Crippen molar-refractivity contribution in [1.29, 1.82) is 0 Å². The lowest BCUT2D eigenvalue weighted by molar-refractivity contribution is 0.0526. The van der Waals surface area contributed by atoms with Crippen LogP contribution in [0.4, 0.5) is 5.69 Å². The Morgan fingerprint density at radius 3 is 2.47 bits per heavy atom. The first-order chi connectivity index (χ1) is 7.97. The Hall–Kier alpha value is -2.04. The smallest absolute Gasteiger partial charge is 0.340 e. The van der Waals surface area contributed by atoms with Crippen molar-refractivity contribution in [1.82, 2.24) is 0 Å². The number of carbonyl (C=O) groups is 2. The number of carboxylic acids is 1. The van der Waals surface area contributed by atoms with Gasteiger partial charge in [0.1, 0.15) is 0 Å². The van der Waals surface area contributed by atoms with Crippen LogP contribution in [0.2, 0.25) is 0 Å². The van der Waals surface area contributed by atoms with Crippen LogP contribution in [0.3, 0.4) is 0 Å². The van der Waals surface area contributed by atoms with Crippen molar-refractivity contribution >= 4 is 17.6 Å². The Kier molecular flexibility index (Phi) is 4.09. The summed E-state index contributed by atoms with van der Waals surface area (Å²) in [7, 11) is 3.48. The van der Waals surface area contributed by atoms with Crippen LogP contribution in [-0.2, 0) is 4.74 Å². The van der Waals surface area contributed by atoms with Crippen molar-refractivity contribution in [2.45, 2.75) is 6.92 Å². The van der Waals surface area contributed by atoms with Gasteiger partial charge < -0.3 is 14.7 Å². The second-order valence-electron chi connectivity index (χ2n) is 3.65. The molecule has 5 nitrogen and oxygen atoms in total. The maximum Gasteiger partial charge on any atom is 0.340 e. The van der Waals surface area contributed by atoms with E-state index in [1.807, 2.05) is 0 Å². The summed E-state index contributed by atoms with van der Waals surface area (Å²) in [5, 5.41) is 8.89. The predicted octanol–water partition coefficient (Wildman–Crippen LogP) is 1.63. The predicted molar refractivity (Wildman–Crippen MR) is 63.7 cm³/mol. The highest BCUT2D eigenvalue weighted by molar-refractivity contribution is 5.98. The van der Waals surface area contributed by atoms with Gasteiger partial charge in [-0.2, -0.15) is 0 Å². The average molecular weight is 237 g/mol. The van der Waals surface area contributed by atoms with Crippen LogP contribution in [0.25, 0.3) is 0 Å². The van der Waals surface area contributed by atoms with Crippen LogP contribution >= 0.6 is 0 Å². The fraction of sp³-hybridized carbons (Fsp3) is 0.333. The Balaban J connectivity index is 3.22. The summed E-state index contributed by atoms with van der Waals surface area (Å²) < 4.78 is 4.91. The molecule has 0 saturated carbocycles. The number of anilines is 1. The molecule has 0 saturated heterocycles. The number of benzene rings is 1. The molecule has 0 amide bonds. The largest absolute Gasteiger partial charge is 0.478 e. The van der Waals surface area contributed by atoms with E-state index in [0.29, 0.717) is 11.3 Å². The van der Waals surface area contributed by atoms with Crippen LogP contribution in [0, 0.1) is 0 Å². The lowest BCUT2D eigenvalue weighted by Gasteiger charge is -2.17. The molecule has 92 valence electrons. The van der Waals surface area contributed by atoms with Crippen molar-refractivity contribution in [3.05, 3.63) is 29.3 Å². The number of rotatable bonds is 4. The number of esters is 1. The third-order valence-corrected chi connectivity index (χ3v) is 2.22. The Morgan fingerprint density at radius 2 is 2.00 bits per heavy atom. The number of aromatic carboxylic acids is 1. The maximum absolute atomic E-state index is 11.7. The molecule has 0 aromatic heterocycles. The summed E-state index contributed by atoms with van der Waals surface area (Å²) in [5.74, 6) is -1.48. The fourth-order valence-corrected chi connectivity index (χ4v) is 1.42. The van der Waals surface area contributed by atoms with Crippen LogP contribution < -0.4 is 4.90 Å². The van der Waals surface area contributed by atoms with E-state index in [9.17, 15) is 9.59 Å². The van der Waals surface area contributed by atoms with E-state index in [0.717, 1.165) is 0 Å². The first kappa shape index (κ1) is 13.0. The van der Waals surface area contributed by atoms with Crippen molar-refractivity contribution < 1.29 is 19.4 Å². The van der Waals surface area contributed by atoms with E-state index in [1.165, 1.54) is 18.2 Å². The van der Waals surface area contributed by atoms with Crippen LogP contribution in [0.5, 0.6) is 0 Å². The molecule has 0 radical (unpaired) electrons. The van der Waals surface area contributed by atoms with Gasteiger partial charge in [-0.1, -0.05) is 0 Å². The molecule has 5 heteroatoms. The summed E-state index contributed by atoms with van der Waals surface area (Å²) in [5.41, 5.74) is 1.03. The van der Waals surface area contributed by atoms with Crippen LogP contribution in [0.15, 0.2) is 18.2 Å². The third-order valence-electron chi connectivity index (χ3n) is 2.22. The average Bonchev–Trinajstić information content (AvgIpc) is 2.28. The lowest BCUT2D eigenvalue weighted by Crippen LogP contribution is -2.16. The molecule has 0 unspecified atom stereocenters. The van der Waals surface area contributed by atoms with E-state index >= 15 is 0 Å². The zero-order valence-corrected chi connectivity index (χ0v) is 10.1. The molecule has 1 N–H and O–H groups in total. The molecule has 17 heavy (non-hydrogen) atoms. The molecular weight excluding hydrogens is 222 g/mol. The van der Waals surface area contributed by atoms with Crippen molar-refractivity contribution in [2.75, 3.05) is 25.6 Å². The zero-order chi connectivity index (χ0) is 13.0. The minimum atomic E-state index is -1.02. The molecular formula is C12H15NO4. The van der Waals surface area contributed by atoms with E-state index in [1.54, 1.807) is 25.9 Å². The minimum absolute atomic E-state index is 0.141. The van der Waals surface area contributed by atoms with Gasteiger partial charge in [0.05, 0.1) is 23.4 Å². The molecule has 0 aliphatic rings. The van der Waals surface area contributed by atoms with Crippen molar-refractivity contribution in [3.8, 4) is 0 Å². The number of nitrogens with zero attached hydrogens (tertiary/aromatic N) is 1. The minimum Gasteiger partial charge on any atom is -0.478 e. The first-order valence-corrected chi connectivity index (χ1v) is 5.19. The van der Waals surface area contributed by atoms with Crippen molar-refractivity contribution in [2.24, 2.45) is 0 Å². The SMILES string of the molecule is CCOC(=O)c1ccc(C(=O)O)cc1N(C)C. The Labute approximate surface area is 99.6 Å². The van der Waals surface area contributed by atoms with Gasteiger partial charge in [0.2, 0.25) is 0 Å². The summed E-state index contributed by atoms with van der Waals surface area (Å²) in [6.45, 7) is 2.01. The Bertz CT molecular complexity index is 440. The Morgan fingerprint density at radius 1 is 1.35 bits per heavy atom. The zero-order valence-electron chi connectivity index (χ0n) is 10.1. The lowest BCUT2D eigenvalue weighted by atomic mass is 10.1. The molecule has 0 heterocycles. The maximum atomic E-state index is 11.7. The fourth-order valence-electron chi connectivity index (χ4n) is 1.42. The highest BCUT2D eigenvalue weighted by Gasteiger charge is 2.16. The normalized spacial score (nSPS) is 9.82. The highest BCUT2D eigenvalue weighted by atomic mass is 16.5. The van der Waals surface area contributed by atoms with E-state index in [4.69, 9.17) is 9.84 Å². The number of ether oxygens (including phenoxy) is 1. The number of carbonyl (C=O) groups excluding carboxylic acids is 1. The highest BCUT2D eigenvalue weighted by Crippen LogP contribution is 2.21. The van der Waals surface area contributed by atoms with E-state index < -0.39 is 11.9 Å². The van der Waals surface area contributed by atoms with Gasteiger partial charge in [0.15, 0.2) is 0 Å². The molecule has 0 aliphatic heterocycles. The van der Waals surface area contributed by atoms with Gasteiger partial charge in [-0.3, -0.25) is 0 Å². The molecule has 0 fully saturated rings. The summed E-state index contributed by atoms with van der Waals surface area (Å²) >= 11 is 0. The summed E-state index contributed by atoms with van der Waals surface area (Å²) in [6.07, 6.45) is 0. The van der Waals surface area contributed by atoms with Gasteiger partial charge in [-0.05, 0) is 25.1 Å². The molecule has 0 bridgehead atoms. The second-order valence-corrected chi connectivity index (χ2v) is 3.65. The monoisotopic (exact) mass is 237 g/mol. The molecule has 0 aliphatic carbocycles. The number of hydrogen-bond donors (Lipinski definition) is 1. The topological polar surface area (TPSA) is 66.8 Å². The molecule has 1 rings (SSSR count). The molecule has 0 spiro atoms. The van der Waals surface area contributed by atoms with Crippen LogP contribution in [0.1, 0.15) is 27.6 Å². The van der Waals surface area contributed by atoms with Gasteiger partial charge >= 0.3 is 11.9 Å².